The van der Waals surface area contributed by atoms with E-state index in [0.717, 1.165) is 19.4 Å². The summed E-state index contributed by atoms with van der Waals surface area (Å²) >= 11 is 5.89. The predicted octanol–water partition coefficient (Wildman–Crippen LogP) is 1.81. The fraction of sp³-hybridized carbons (Fsp3) is 0.500. The van der Waals surface area contributed by atoms with E-state index >= 15 is 0 Å². The number of pyridine rings is 1. The van der Waals surface area contributed by atoms with Crippen molar-refractivity contribution in [2.75, 3.05) is 27.2 Å². The third kappa shape index (κ3) is 5.15. The van der Waals surface area contributed by atoms with Gasteiger partial charge in [-0.25, -0.2) is 0 Å². The van der Waals surface area contributed by atoms with Gasteiger partial charge in [0.1, 0.15) is 0 Å². The van der Waals surface area contributed by atoms with Crippen LogP contribution in [0, 0.1) is 0 Å². The normalized spacial score (nSPS) is 10.6. The van der Waals surface area contributed by atoms with E-state index in [4.69, 9.17) is 11.6 Å². The van der Waals surface area contributed by atoms with Gasteiger partial charge in [0.25, 0.3) is 5.91 Å². The summed E-state index contributed by atoms with van der Waals surface area (Å²) in [6.07, 6.45) is 5.07. The quantitative estimate of drug-likeness (QED) is 0.789. The zero-order valence-electron chi connectivity index (χ0n) is 10.2. The van der Waals surface area contributed by atoms with Gasteiger partial charge < -0.3 is 10.2 Å². The van der Waals surface area contributed by atoms with Gasteiger partial charge in [0.15, 0.2) is 0 Å². The minimum Gasteiger partial charge on any atom is -0.352 e. The number of hydrogen-bond donors (Lipinski definition) is 1. The SMILES string of the molecule is CN(C)CCCCNC(=O)c1cnccc1Cl. The molecule has 0 radical (unpaired) electrons. The van der Waals surface area contributed by atoms with E-state index in [9.17, 15) is 4.79 Å². The van der Waals surface area contributed by atoms with Crippen molar-refractivity contribution < 1.29 is 4.79 Å². The molecule has 0 aliphatic rings. The van der Waals surface area contributed by atoms with Crippen LogP contribution in [-0.4, -0.2) is 43.0 Å². The molecule has 0 saturated carbocycles. The predicted molar refractivity (Wildman–Crippen MR) is 69.4 cm³/mol. The highest BCUT2D eigenvalue weighted by Crippen LogP contribution is 2.12. The Hall–Kier alpha value is -1.13. The lowest BCUT2D eigenvalue weighted by molar-refractivity contribution is 0.0952. The molecule has 94 valence electrons. The minimum absolute atomic E-state index is 0.159. The van der Waals surface area contributed by atoms with E-state index in [2.05, 4.69) is 15.2 Å². The summed E-state index contributed by atoms with van der Waals surface area (Å²) in [6, 6.07) is 1.61. The van der Waals surface area contributed by atoms with Crippen LogP contribution in [0.5, 0.6) is 0 Å². The second kappa shape index (κ2) is 7.25. The van der Waals surface area contributed by atoms with E-state index in [1.165, 1.54) is 6.20 Å². The highest BCUT2D eigenvalue weighted by molar-refractivity contribution is 6.33. The van der Waals surface area contributed by atoms with Crippen LogP contribution in [0.4, 0.5) is 0 Å². The maximum absolute atomic E-state index is 11.7. The number of aromatic nitrogens is 1. The number of hydrogen-bond acceptors (Lipinski definition) is 3. The summed E-state index contributed by atoms with van der Waals surface area (Å²) < 4.78 is 0. The van der Waals surface area contributed by atoms with Crippen molar-refractivity contribution in [1.29, 1.82) is 0 Å². The molecule has 0 aliphatic heterocycles. The second-order valence-electron chi connectivity index (χ2n) is 4.12. The zero-order chi connectivity index (χ0) is 12.7. The van der Waals surface area contributed by atoms with Crippen molar-refractivity contribution in [3.8, 4) is 0 Å². The number of carbonyl (C=O) groups excluding carboxylic acids is 1. The Morgan fingerprint density at radius 3 is 2.88 bits per heavy atom. The zero-order valence-corrected chi connectivity index (χ0v) is 11.0. The first-order chi connectivity index (χ1) is 8.11. The van der Waals surface area contributed by atoms with Gasteiger partial charge in [0.2, 0.25) is 0 Å². The minimum atomic E-state index is -0.159. The third-order valence-electron chi connectivity index (χ3n) is 2.33. The van der Waals surface area contributed by atoms with Crippen LogP contribution in [0.3, 0.4) is 0 Å². The van der Waals surface area contributed by atoms with Crippen LogP contribution in [0.1, 0.15) is 23.2 Å². The highest BCUT2D eigenvalue weighted by atomic mass is 35.5. The summed E-state index contributed by atoms with van der Waals surface area (Å²) in [5.74, 6) is -0.159. The molecular formula is C12H18ClN3O. The fourth-order valence-electron chi connectivity index (χ4n) is 1.39. The molecule has 0 spiro atoms. The van der Waals surface area contributed by atoms with Gasteiger partial charge in [-0.05, 0) is 39.5 Å². The molecule has 1 aromatic rings. The van der Waals surface area contributed by atoms with Crippen molar-refractivity contribution in [2.24, 2.45) is 0 Å². The Bertz CT molecular complexity index is 369. The second-order valence-corrected chi connectivity index (χ2v) is 4.53. The number of carbonyl (C=O) groups is 1. The number of halogens is 1. The molecule has 0 atom stereocenters. The van der Waals surface area contributed by atoms with Crippen LogP contribution in [0.15, 0.2) is 18.5 Å². The molecule has 4 nitrogen and oxygen atoms in total. The lowest BCUT2D eigenvalue weighted by Gasteiger charge is -2.09. The first-order valence-corrected chi connectivity index (χ1v) is 6.01. The Morgan fingerprint density at radius 1 is 1.47 bits per heavy atom. The number of amides is 1. The topological polar surface area (TPSA) is 45.2 Å². The lowest BCUT2D eigenvalue weighted by atomic mass is 10.2. The standard InChI is InChI=1S/C12H18ClN3O/c1-16(2)8-4-3-6-15-12(17)10-9-14-7-5-11(10)13/h5,7,9H,3-4,6,8H2,1-2H3,(H,15,17). The molecule has 0 fully saturated rings. The molecule has 17 heavy (non-hydrogen) atoms. The largest absolute Gasteiger partial charge is 0.352 e. The first-order valence-electron chi connectivity index (χ1n) is 5.63. The Labute approximate surface area is 107 Å². The Balaban J connectivity index is 2.29. The van der Waals surface area contributed by atoms with Crippen molar-refractivity contribution in [3.63, 3.8) is 0 Å². The van der Waals surface area contributed by atoms with Crippen molar-refractivity contribution in [1.82, 2.24) is 15.2 Å². The average Bonchev–Trinajstić information content (AvgIpc) is 2.28. The monoisotopic (exact) mass is 255 g/mol. The Morgan fingerprint density at radius 2 is 2.24 bits per heavy atom. The summed E-state index contributed by atoms with van der Waals surface area (Å²) in [4.78, 5) is 17.7. The summed E-state index contributed by atoms with van der Waals surface area (Å²) in [7, 11) is 4.07. The van der Waals surface area contributed by atoms with Gasteiger partial charge in [-0.2, -0.15) is 0 Å². The fourth-order valence-corrected chi connectivity index (χ4v) is 1.59. The van der Waals surface area contributed by atoms with Gasteiger partial charge in [-0.15, -0.1) is 0 Å². The van der Waals surface area contributed by atoms with Gasteiger partial charge >= 0.3 is 0 Å². The number of nitrogens with one attached hydrogen (secondary N) is 1. The maximum atomic E-state index is 11.7. The average molecular weight is 256 g/mol. The van der Waals surface area contributed by atoms with Crippen molar-refractivity contribution in [2.45, 2.75) is 12.8 Å². The van der Waals surface area contributed by atoms with E-state index in [0.29, 0.717) is 17.1 Å². The van der Waals surface area contributed by atoms with Gasteiger partial charge in [-0.1, -0.05) is 11.6 Å². The van der Waals surface area contributed by atoms with Crippen LogP contribution in [0.25, 0.3) is 0 Å². The molecule has 0 aliphatic carbocycles. The molecule has 0 saturated heterocycles. The lowest BCUT2D eigenvalue weighted by Crippen LogP contribution is -2.25. The van der Waals surface area contributed by atoms with Crippen LogP contribution in [-0.2, 0) is 0 Å². The third-order valence-corrected chi connectivity index (χ3v) is 2.66. The molecule has 1 N–H and O–H groups in total. The number of nitrogens with zero attached hydrogens (tertiary/aromatic N) is 2. The van der Waals surface area contributed by atoms with Crippen LogP contribution >= 0.6 is 11.6 Å². The van der Waals surface area contributed by atoms with Crippen LogP contribution in [0.2, 0.25) is 5.02 Å². The number of unbranched alkanes of at least 4 members (excludes halogenated alkanes) is 1. The number of rotatable bonds is 6. The maximum Gasteiger partial charge on any atom is 0.254 e. The van der Waals surface area contributed by atoms with E-state index in [-0.39, 0.29) is 5.91 Å². The highest BCUT2D eigenvalue weighted by Gasteiger charge is 2.08. The van der Waals surface area contributed by atoms with Crippen molar-refractivity contribution >= 4 is 17.5 Å². The molecule has 1 heterocycles. The van der Waals surface area contributed by atoms with E-state index < -0.39 is 0 Å². The molecular weight excluding hydrogens is 238 g/mol. The Kier molecular flexibility index (Phi) is 5.94. The van der Waals surface area contributed by atoms with Gasteiger partial charge in [0, 0.05) is 18.9 Å². The summed E-state index contributed by atoms with van der Waals surface area (Å²) in [5.41, 5.74) is 0.432. The smallest absolute Gasteiger partial charge is 0.254 e. The summed E-state index contributed by atoms with van der Waals surface area (Å²) in [6.45, 7) is 1.70. The molecule has 0 unspecified atom stereocenters. The molecule has 1 amide bonds. The van der Waals surface area contributed by atoms with E-state index in [1.54, 1.807) is 12.3 Å². The molecule has 0 bridgehead atoms. The van der Waals surface area contributed by atoms with Crippen molar-refractivity contribution in [3.05, 3.63) is 29.0 Å². The first kappa shape index (κ1) is 13.9. The molecule has 0 aromatic carbocycles. The van der Waals surface area contributed by atoms with Gasteiger partial charge in [0.05, 0.1) is 10.6 Å². The molecule has 5 heteroatoms. The van der Waals surface area contributed by atoms with E-state index in [1.807, 2.05) is 14.1 Å². The van der Waals surface area contributed by atoms with Gasteiger partial charge in [-0.3, -0.25) is 9.78 Å². The molecule has 1 aromatic heterocycles. The van der Waals surface area contributed by atoms with Crippen LogP contribution < -0.4 is 5.32 Å². The summed E-state index contributed by atoms with van der Waals surface area (Å²) in [5, 5.41) is 3.27. The molecule has 1 rings (SSSR count).